The van der Waals surface area contributed by atoms with Crippen molar-refractivity contribution in [3.05, 3.63) is 30.3 Å². The third-order valence-corrected chi connectivity index (χ3v) is 2.65. The first-order valence-electron chi connectivity index (χ1n) is 5.58. The van der Waals surface area contributed by atoms with E-state index >= 15 is 0 Å². The van der Waals surface area contributed by atoms with Crippen molar-refractivity contribution in [2.75, 3.05) is 20.8 Å². The maximum absolute atomic E-state index is 5.57. The van der Waals surface area contributed by atoms with Crippen molar-refractivity contribution in [2.24, 2.45) is 0 Å². The molecule has 0 aliphatic heterocycles. The molecule has 0 aliphatic carbocycles. The van der Waals surface area contributed by atoms with Crippen molar-refractivity contribution in [3.63, 3.8) is 0 Å². The van der Waals surface area contributed by atoms with Crippen LogP contribution in [0.1, 0.15) is 6.92 Å². The Morgan fingerprint density at radius 3 is 2.24 bits per heavy atom. The predicted molar refractivity (Wildman–Crippen MR) is 68.2 cm³/mol. The highest BCUT2D eigenvalue weighted by Crippen LogP contribution is 2.41. The van der Waals surface area contributed by atoms with E-state index in [9.17, 15) is 0 Å². The minimum absolute atomic E-state index is 0.595. The number of benzene rings is 2. The van der Waals surface area contributed by atoms with Crippen molar-refractivity contribution in [3.8, 4) is 17.2 Å². The number of rotatable bonds is 4. The summed E-state index contributed by atoms with van der Waals surface area (Å²) in [5.41, 5.74) is 0. The van der Waals surface area contributed by atoms with Gasteiger partial charge in [0.15, 0.2) is 11.5 Å². The SMILES string of the molecule is CCOc1cc(OC)c2ccccc2c1OC. The zero-order valence-corrected chi connectivity index (χ0v) is 10.3. The summed E-state index contributed by atoms with van der Waals surface area (Å²) in [5.74, 6) is 2.26. The van der Waals surface area contributed by atoms with Gasteiger partial charge in [0.2, 0.25) is 0 Å². The third-order valence-electron chi connectivity index (χ3n) is 2.65. The number of hydrogen-bond acceptors (Lipinski definition) is 3. The minimum atomic E-state index is 0.595. The Bertz CT molecular complexity index is 520. The molecule has 17 heavy (non-hydrogen) atoms. The first kappa shape index (κ1) is 11.6. The number of hydrogen-bond donors (Lipinski definition) is 0. The van der Waals surface area contributed by atoms with Crippen molar-refractivity contribution in [1.29, 1.82) is 0 Å². The Balaban J connectivity index is 2.74. The first-order chi connectivity index (χ1) is 8.31. The summed E-state index contributed by atoms with van der Waals surface area (Å²) in [7, 11) is 3.31. The van der Waals surface area contributed by atoms with Gasteiger partial charge in [-0.25, -0.2) is 0 Å². The van der Waals surface area contributed by atoms with E-state index < -0.39 is 0 Å². The van der Waals surface area contributed by atoms with Gasteiger partial charge in [-0.2, -0.15) is 0 Å². The molecule has 0 aromatic heterocycles. The van der Waals surface area contributed by atoms with Crippen molar-refractivity contribution in [2.45, 2.75) is 6.92 Å². The molecular formula is C14H16O3. The Labute approximate surface area is 101 Å². The molecule has 2 rings (SSSR count). The summed E-state index contributed by atoms with van der Waals surface area (Å²) in [6.07, 6.45) is 0. The van der Waals surface area contributed by atoms with E-state index in [1.54, 1.807) is 14.2 Å². The summed E-state index contributed by atoms with van der Waals surface area (Å²) >= 11 is 0. The fraction of sp³-hybridized carbons (Fsp3) is 0.286. The van der Waals surface area contributed by atoms with Crippen molar-refractivity contribution in [1.82, 2.24) is 0 Å². The Kier molecular flexibility index (Phi) is 3.38. The lowest BCUT2D eigenvalue weighted by molar-refractivity contribution is 0.310. The summed E-state index contributed by atoms with van der Waals surface area (Å²) in [5, 5.41) is 2.02. The number of methoxy groups -OCH3 is 2. The second-order valence-corrected chi connectivity index (χ2v) is 3.59. The van der Waals surface area contributed by atoms with Crippen LogP contribution in [0, 0.1) is 0 Å². The van der Waals surface area contributed by atoms with Crippen molar-refractivity contribution < 1.29 is 14.2 Å². The number of fused-ring (bicyclic) bond motifs is 1. The van der Waals surface area contributed by atoms with Gasteiger partial charge in [0.1, 0.15) is 5.75 Å². The van der Waals surface area contributed by atoms with E-state index in [1.807, 2.05) is 37.3 Å². The van der Waals surface area contributed by atoms with Gasteiger partial charge < -0.3 is 14.2 Å². The van der Waals surface area contributed by atoms with Crippen LogP contribution in [0.2, 0.25) is 0 Å². The molecule has 0 N–H and O–H groups in total. The molecular weight excluding hydrogens is 216 g/mol. The molecule has 0 atom stereocenters. The van der Waals surface area contributed by atoms with E-state index in [0.29, 0.717) is 12.4 Å². The van der Waals surface area contributed by atoms with E-state index in [2.05, 4.69) is 0 Å². The lowest BCUT2D eigenvalue weighted by Gasteiger charge is -2.14. The van der Waals surface area contributed by atoms with Crippen LogP contribution in [0.5, 0.6) is 17.2 Å². The lowest BCUT2D eigenvalue weighted by atomic mass is 10.1. The van der Waals surface area contributed by atoms with Crippen molar-refractivity contribution >= 4 is 10.8 Å². The van der Waals surface area contributed by atoms with Gasteiger partial charge in [0.05, 0.1) is 20.8 Å². The fourth-order valence-corrected chi connectivity index (χ4v) is 1.93. The third kappa shape index (κ3) is 2.00. The molecule has 0 radical (unpaired) electrons. The maximum Gasteiger partial charge on any atom is 0.168 e. The molecule has 2 aromatic carbocycles. The van der Waals surface area contributed by atoms with Gasteiger partial charge >= 0.3 is 0 Å². The van der Waals surface area contributed by atoms with Crippen LogP contribution in [0.25, 0.3) is 10.8 Å². The van der Waals surface area contributed by atoms with Crippen LogP contribution >= 0.6 is 0 Å². The second-order valence-electron chi connectivity index (χ2n) is 3.59. The normalized spacial score (nSPS) is 10.3. The molecule has 0 saturated heterocycles. The Morgan fingerprint density at radius 1 is 0.941 bits per heavy atom. The molecule has 0 fully saturated rings. The Hall–Kier alpha value is -1.90. The van der Waals surface area contributed by atoms with Crippen LogP contribution in [-0.4, -0.2) is 20.8 Å². The lowest BCUT2D eigenvalue weighted by Crippen LogP contribution is -1.97. The monoisotopic (exact) mass is 232 g/mol. The van der Waals surface area contributed by atoms with Crippen LogP contribution in [0.3, 0.4) is 0 Å². The van der Waals surface area contributed by atoms with Gasteiger partial charge in [-0.15, -0.1) is 0 Å². The van der Waals surface area contributed by atoms with Gasteiger partial charge in [-0.3, -0.25) is 0 Å². The summed E-state index contributed by atoms with van der Waals surface area (Å²) in [6, 6.07) is 9.82. The first-order valence-corrected chi connectivity index (χ1v) is 5.58. The van der Waals surface area contributed by atoms with E-state index in [1.165, 1.54) is 0 Å². The quantitative estimate of drug-likeness (QED) is 0.809. The molecule has 0 aliphatic rings. The maximum atomic E-state index is 5.57. The van der Waals surface area contributed by atoms with E-state index in [4.69, 9.17) is 14.2 Å². The molecule has 0 bridgehead atoms. The highest BCUT2D eigenvalue weighted by Gasteiger charge is 2.13. The summed E-state index contributed by atoms with van der Waals surface area (Å²) in [6.45, 7) is 2.54. The van der Waals surface area contributed by atoms with Crippen LogP contribution in [0.15, 0.2) is 30.3 Å². The van der Waals surface area contributed by atoms with Crippen LogP contribution in [0.4, 0.5) is 0 Å². The molecule has 0 amide bonds. The standard InChI is InChI=1S/C14H16O3/c1-4-17-13-9-12(15-2)10-7-5-6-8-11(10)14(13)16-3/h5-9H,4H2,1-3H3. The van der Waals surface area contributed by atoms with Crippen LogP contribution in [-0.2, 0) is 0 Å². The van der Waals surface area contributed by atoms with Gasteiger partial charge in [0.25, 0.3) is 0 Å². The molecule has 0 unspecified atom stereocenters. The predicted octanol–water partition coefficient (Wildman–Crippen LogP) is 3.26. The van der Waals surface area contributed by atoms with Gasteiger partial charge in [0, 0.05) is 16.8 Å². The molecule has 0 saturated carbocycles. The molecule has 0 spiro atoms. The zero-order valence-electron chi connectivity index (χ0n) is 10.3. The minimum Gasteiger partial charge on any atom is -0.496 e. The largest absolute Gasteiger partial charge is 0.496 e. The Morgan fingerprint density at radius 2 is 1.65 bits per heavy atom. The van der Waals surface area contributed by atoms with E-state index in [-0.39, 0.29) is 0 Å². The molecule has 0 heterocycles. The average Bonchev–Trinajstić information content (AvgIpc) is 2.38. The van der Waals surface area contributed by atoms with E-state index in [0.717, 1.165) is 22.3 Å². The van der Waals surface area contributed by atoms with Gasteiger partial charge in [-0.1, -0.05) is 24.3 Å². The zero-order chi connectivity index (χ0) is 12.3. The molecule has 2 aromatic rings. The average molecular weight is 232 g/mol. The second kappa shape index (κ2) is 4.95. The summed E-state index contributed by atoms with van der Waals surface area (Å²) < 4.78 is 16.4. The highest BCUT2D eigenvalue weighted by atomic mass is 16.5. The summed E-state index contributed by atoms with van der Waals surface area (Å²) in [4.78, 5) is 0. The fourth-order valence-electron chi connectivity index (χ4n) is 1.93. The van der Waals surface area contributed by atoms with Gasteiger partial charge in [-0.05, 0) is 6.92 Å². The smallest absolute Gasteiger partial charge is 0.168 e. The highest BCUT2D eigenvalue weighted by molar-refractivity contribution is 5.95. The molecule has 90 valence electrons. The topological polar surface area (TPSA) is 27.7 Å². The molecule has 3 nitrogen and oxygen atoms in total. The molecule has 3 heteroatoms. The van der Waals surface area contributed by atoms with Crippen LogP contribution < -0.4 is 14.2 Å². The number of ether oxygens (including phenoxy) is 3.